The van der Waals surface area contributed by atoms with Gasteiger partial charge in [-0.15, -0.1) is 0 Å². The summed E-state index contributed by atoms with van der Waals surface area (Å²) < 4.78 is 6.29. The standard InChI is InChI=1S/C47H55N11O7/c48-37(35-6-1-2-7-40(35)59)22-39(42(49)50)54-23-31-8-9-32(24-54)57(31)30-4-3-5-33(20-30)65-19-18-52-14-16-53(17-15-52)46(64)56-27-47(28-56)25-55(26-47)29-10-11-34-36(21-29)45(63)58(44(34)62)38-12-13-41(60)51-43(38)61/h1-7,10-11,20-22,31-32,38,59H,8-9,12-19,23-28,48-50H2,(H,51,60,61)/b37-22-. The number of fused-ring (bicyclic) bond motifs is 3. The Kier molecular flexibility index (Phi) is 10.7. The number of imide groups is 2. The van der Waals surface area contributed by atoms with Crippen LogP contribution < -0.4 is 37.1 Å². The monoisotopic (exact) mass is 885 g/mol. The van der Waals surface area contributed by atoms with Crippen LogP contribution in [0.1, 0.15) is 52.0 Å². The van der Waals surface area contributed by atoms with Gasteiger partial charge in [0.1, 0.15) is 30.0 Å². The zero-order valence-corrected chi connectivity index (χ0v) is 36.2. The number of hydrogen-bond acceptors (Lipinski definition) is 14. The van der Waals surface area contributed by atoms with Crippen molar-refractivity contribution in [3.8, 4) is 11.5 Å². The van der Waals surface area contributed by atoms with E-state index in [-0.39, 0.29) is 59.1 Å². The van der Waals surface area contributed by atoms with Gasteiger partial charge in [0, 0.05) is 125 Å². The van der Waals surface area contributed by atoms with Crippen LogP contribution in [-0.4, -0.2) is 156 Å². The summed E-state index contributed by atoms with van der Waals surface area (Å²) in [6, 6.07) is 20.0. The number of piperidine rings is 1. The Morgan fingerprint density at radius 3 is 2.22 bits per heavy atom. The fourth-order valence-corrected chi connectivity index (χ4v) is 10.9. The molecule has 0 aliphatic carbocycles. The molecule has 0 radical (unpaired) electrons. The van der Waals surface area contributed by atoms with Gasteiger partial charge in [-0.05, 0) is 67.8 Å². The molecule has 0 aromatic heterocycles. The first-order chi connectivity index (χ1) is 31.3. The average molecular weight is 886 g/mol. The summed E-state index contributed by atoms with van der Waals surface area (Å²) in [6.07, 6.45) is 4.02. The lowest BCUT2D eigenvalue weighted by molar-refractivity contribution is -0.136. The maximum absolute atomic E-state index is 13.5. The second-order valence-electron chi connectivity index (χ2n) is 18.5. The minimum atomic E-state index is -0.998. The molecular weight excluding hydrogens is 831 g/mol. The summed E-state index contributed by atoms with van der Waals surface area (Å²) in [5.74, 6) is -0.964. The first-order valence-corrected chi connectivity index (χ1v) is 22.5. The predicted molar refractivity (Wildman–Crippen MR) is 241 cm³/mol. The third-order valence-corrected chi connectivity index (χ3v) is 14.2. The van der Waals surface area contributed by atoms with Crippen LogP contribution >= 0.6 is 0 Å². The number of carbonyl (C=O) groups is 5. The molecule has 3 aromatic carbocycles. The molecule has 7 aliphatic rings. The van der Waals surface area contributed by atoms with E-state index >= 15 is 0 Å². The number of hydrogen-bond donors (Lipinski definition) is 5. The first kappa shape index (κ1) is 42.0. The number of urea groups is 1. The molecule has 340 valence electrons. The van der Waals surface area contributed by atoms with Crippen molar-refractivity contribution in [2.24, 2.45) is 22.6 Å². The van der Waals surface area contributed by atoms with Crippen LogP contribution in [0.25, 0.3) is 5.70 Å². The molecule has 6 amide bonds. The molecule has 3 unspecified atom stereocenters. The van der Waals surface area contributed by atoms with E-state index in [2.05, 4.69) is 37.0 Å². The molecular formula is C47H55N11O7. The molecule has 10 rings (SSSR count). The van der Waals surface area contributed by atoms with Crippen LogP contribution in [0.3, 0.4) is 0 Å². The lowest BCUT2D eigenvalue weighted by atomic mass is 9.72. The predicted octanol–water partition coefficient (Wildman–Crippen LogP) is 1.47. The normalized spacial score (nSPS) is 23.9. The number of ether oxygens (including phenoxy) is 1. The molecule has 65 heavy (non-hydrogen) atoms. The smallest absolute Gasteiger partial charge is 0.320 e. The van der Waals surface area contributed by atoms with Gasteiger partial charge in [0.25, 0.3) is 11.8 Å². The van der Waals surface area contributed by atoms with E-state index in [0.717, 1.165) is 80.7 Å². The highest BCUT2D eigenvalue weighted by atomic mass is 16.5. The van der Waals surface area contributed by atoms with Gasteiger partial charge in [-0.25, -0.2) is 4.79 Å². The van der Waals surface area contributed by atoms with Crippen molar-refractivity contribution in [3.63, 3.8) is 0 Å². The molecule has 3 aromatic rings. The van der Waals surface area contributed by atoms with Crippen molar-refractivity contribution in [2.75, 3.05) is 88.4 Å². The zero-order chi connectivity index (χ0) is 45.1. The van der Waals surface area contributed by atoms with Crippen molar-refractivity contribution < 1.29 is 33.8 Å². The van der Waals surface area contributed by atoms with Crippen LogP contribution in [0.2, 0.25) is 0 Å². The summed E-state index contributed by atoms with van der Waals surface area (Å²) in [5, 5.41) is 12.6. The molecule has 18 heteroatoms. The van der Waals surface area contributed by atoms with E-state index in [1.165, 1.54) is 0 Å². The van der Waals surface area contributed by atoms with Gasteiger partial charge in [-0.3, -0.25) is 34.3 Å². The number of amides is 6. The molecule has 6 saturated heterocycles. The largest absolute Gasteiger partial charge is 0.507 e. The first-order valence-electron chi connectivity index (χ1n) is 22.5. The van der Waals surface area contributed by atoms with E-state index in [0.29, 0.717) is 49.7 Å². The number of benzene rings is 3. The lowest BCUT2D eigenvalue weighted by Crippen LogP contribution is -2.74. The van der Waals surface area contributed by atoms with Crippen molar-refractivity contribution in [1.82, 2.24) is 29.8 Å². The Morgan fingerprint density at radius 1 is 0.785 bits per heavy atom. The molecule has 8 N–H and O–H groups in total. The number of aromatic hydroxyl groups is 1. The van der Waals surface area contributed by atoms with Gasteiger partial charge in [0.2, 0.25) is 11.8 Å². The number of allylic oxidation sites excluding steroid dienone is 1. The number of carbonyl (C=O) groups excluding carboxylic acids is 5. The lowest BCUT2D eigenvalue weighted by Gasteiger charge is -2.61. The molecule has 1 spiro atoms. The Labute approximate surface area is 376 Å². The minimum absolute atomic E-state index is 0.000849. The van der Waals surface area contributed by atoms with E-state index in [1.807, 2.05) is 34.1 Å². The number of phenolic OH excluding ortho intramolecular Hbond substituents is 1. The third-order valence-electron chi connectivity index (χ3n) is 14.2. The molecule has 18 nitrogen and oxygen atoms in total. The Morgan fingerprint density at radius 2 is 1.51 bits per heavy atom. The number of anilines is 2. The molecule has 0 saturated carbocycles. The topological polar surface area (TPSA) is 228 Å². The van der Waals surface area contributed by atoms with Gasteiger partial charge in [0.05, 0.1) is 16.8 Å². The van der Waals surface area contributed by atoms with Crippen LogP contribution in [0.4, 0.5) is 16.2 Å². The summed E-state index contributed by atoms with van der Waals surface area (Å²) in [5.41, 5.74) is 22.9. The number of nitrogens with two attached hydrogens (primary N) is 3. The second kappa shape index (κ2) is 16.6. The molecule has 6 fully saturated rings. The van der Waals surface area contributed by atoms with Crippen molar-refractivity contribution in [3.05, 3.63) is 101 Å². The molecule has 2 bridgehead atoms. The highest BCUT2D eigenvalue weighted by Gasteiger charge is 2.54. The van der Waals surface area contributed by atoms with Crippen LogP contribution in [0.5, 0.6) is 11.5 Å². The highest BCUT2D eigenvalue weighted by molar-refractivity contribution is 6.23. The number of nitrogens with zero attached hydrogens (tertiary/aromatic N) is 7. The van der Waals surface area contributed by atoms with Crippen LogP contribution in [0, 0.1) is 5.41 Å². The number of piperazine rings is 2. The number of likely N-dealkylation sites (tertiary alicyclic amines) is 2. The van der Waals surface area contributed by atoms with Gasteiger partial charge in [0.15, 0.2) is 0 Å². The number of nitrogens with one attached hydrogen (secondary N) is 1. The van der Waals surface area contributed by atoms with Crippen LogP contribution in [0.15, 0.2) is 84.3 Å². The minimum Gasteiger partial charge on any atom is -0.507 e. The van der Waals surface area contributed by atoms with Crippen molar-refractivity contribution >= 4 is 46.7 Å². The third kappa shape index (κ3) is 7.78. The van der Waals surface area contributed by atoms with Crippen LogP contribution in [-0.2, 0) is 9.59 Å². The fraction of sp³-hybridized carbons (Fsp3) is 0.426. The van der Waals surface area contributed by atoms with Crippen molar-refractivity contribution in [2.45, 2.75) is 43.8 Å². The quantitative estimate of drug-likeness (QED) is 0.144. The SMILES string of the molecule is NC(N)=C(/C=C(\N)c1ccccc1O)N1CC2CCC(C1)N2c1cccc(OCCN2CCN(C(=O)N3CC4(C3)CN(c3ccc5c(c3)C(=O)N(C3CCC(=O)NC3=O)C5=O)C4)CC2)c1. The summed E-state index contributed by atoms with van der Waals surface area (Å²) in [6.45, 7) is 8.41. The molecule has 7 heterocycles. The van der Waals surface area contributed by atoms with Gasteiger partial charge >= 0.3 is 6.03 Å². The number of phenols is 1. The zero-order valence-electron chi connectivity index (χ0n) is 36.2. The van der Waals surface area contributed by atoms with Gasteiger partial charge < -0.3 is 51.5 Å². The van der Waals surface area contributed by atoms with Crippen molar-refractivity contribution in [1.29, 1.82) is 0 Å². The average Bonchev–Trinajstić information content (AvgIpc) is 3.68. The Balaban J connectivity index is 0.660. The second-order valence-corrected chi connectivity index (χ2v) is 18.5. The highest BCUT2D eigenvalue weighted by Crippen LogP contribution is 2.44. The van der Waals surface area contributed by atoms with E-state index in [1.54, 1.807) is 36.4 Å². The maximum atomic E-state index is 13.5. The van der Waals surface area contributed by atoms with Gasteiger partial charge in [-0.1, -0.05) is 18.2 Å². The van der Waals surface area contributed by atoms with E-state index in [9.17, 15) is 29.1 Å². The molecule has 3 atom stereocenters. The Bertz CT molecular complexity index is 2490. The van der Waals surface area contributed by atoms with Gasteiger partial charge in [-0.2, -0.15) is 0 Å². The summed E-state index contributed by atoms with van der Waals surface area (Å²) >= 11 is 0. The Hall–Kier alpha value is -6.95. The molecule has 7 aliphatic heterocycles. The maximum Gasteiger partial charge on any atom is 0.320 e. The fourth-order valence-electron chi connectivity index (χ4n) is 10.9. The summed E-state index contributed by atoms with van der Waals surface area (Å²) in [4.78, 5) is 78.1. The van der Waals surface area contributed by atoms with E-state index < -0.39 is 29.7 Å². The summed E-state index contributed by atoms with van der Waals surface area (Å²) in [7, 11) is 0. The van der Waals surface area contributed by atoms with E-state index in [4.69, 9.17) is 21.9 Å². The number of para-hydroxylation sites is 1. The number of rotatable bonds is 10.